The molecule has 2 aliphatic rings. The van der Waals surface area contributed by atoms with Gasteiger partial charge in [0.15, 0.2) is 0 Å². The third kappa shape index (κ3) is 7.55. The van der Waals surface area contributed by atoms with Gasteiger partial charge in [0.25, 0.3) is 0 Å². The first-order chi connectivity index (χ1) is 44.7. The lowest BCUT2D eigenvalue weighted by atomic mass is 9.67. The molecule has 0 heterocycles. The molecule has 0 saturated carbocycles. The van der Waals surface area contributed by atoms with Crippen LogP contribution in [-0.2, 0) is 10.8 Å². The highest BCUT2D eigenvalue weighted by Gasteiger charge is 2.47. The minimum Gasteiger partial charge on any atom is -0.0622 e. The fourth-order valence-corrected chi connectivity index (χ4v) is 16.3. The molecule has 2 aliphatic carbocycles. The van der Waals surface area contributed by atoms with Gasteiger partial charge in [-0.25, -0.2) is 0 Å². The summed E-state index contributed by atoms with van der Waals surface area (Å²) < 4.78 is 0. The second-order valence-corrected chi connectivity index (χ2v) is 24.4. The van der Waals surface area contributed by atoms with Crippen LogP contribution >= 0.6 is 0 Å². The summed E-state index contributed by atoms with van der Waals surface area (Å²) in [7, 11) is 0. The molecule has 0 nitrogen and oxygen atoms in total. The van der Waals surface area contributed by atoms with Crippen molar-refractivity contribution in [2.24, 2.45) is 0 Å². The summed E-state index contributed by atoms with van der Waals surface area (Å²) in [6, 6.07) is 132. The average Bonchev–Trinajstić information content (AvgIpc) is 1.45. The Morgan fingerprint density at radius 3 is 0.667 bits per heavy atom. The van der Waals surface area contributed by atoms with Gasteiger partial charge in [-0.2, -0.15) is 0 Å². The van der Waals surface area contributed by atoms with Gasteiger partial charge >= 0.3 is 0 Å². The Morgan fingerprint density at radius 1 is 0.144 bits per heavy atom. The minimum atomic E-state index is -0.466. The second kappa shape index (κ2) is 20.6. The van der Waals surface area contributed by atoms with Crippen molar-refractivity contribution in [3.8, 4) is 77.9 Å². The van der Waals surface area contributed by atoms with Crippen LogP contribution in [-0.4, -0.2) is 0 Å². The Hall–Kier alpha value is -11.4. The smallest absolute Gasteiger partial charge is 0.0622 e. The molecule has 18 rings (SSSR count). The zero-order valence-electron chi connectivity index (χ0n) is 49.5. The second-order valence-electron chi connectivity index (χ2n) is 24.4. The predicted octanol–water partition coefficient (Wildman–Crippen LogP) is 23.4. The van der Waals surface area contributed by atoms with E-state index in [1.165, 1.54) is 165 Å². The zero-order chi connectivity index (χ0) is 59.3. The molecule has 0 aliphatic heterocycles. The zero-order valence-corrected chi connectivity index (χ0v) is 49.5. The first-order valence-corrected chi connectivity index (χ1v) is 31.5. The molecule has 16 aromatic rings. The van der Waals surface area contributed by atoms with Crippen molar-refractivity contribution in [1.29, 1.82) is 0 Å². The number of fused-ring (bicyclic) bond motifs is 10. The number of benzene rings is 16. The van der Waals surface area contributed by atoms with Crippen molar-refractivity contribution in [2.75, 3.05) is 0 Å². The maximum absolute atomic E-state index is 2.47. The van der Waals surface area contributed by atoms with E-state index in [1.54, 1.807) is 0 Å². The monoisotopic (exact) mass is 1140 g/mol. The number of hydrogen-bond acceptors (Lipinski definition) is 0. The van der Waals surface area contributed by atoms with Crippen LogP contribution in [0.15, 0.2) is 352 Å². The average molecular weight is 1140 g/mol. The van der Waals surface area contributed by atoms with Crippen LogP contribution in [0.2, 0.25) is 0 Å². The summed E-state index contributed by atoms with van der Waals surface area (Å²) in [4.78, 5) is 0. The molecule has 0 bridgehead atoms. The molecule has 90 heavy (non-hydrogen) atoms. The lowest BCUT2D eigenvalue weighted by Crippen LogP contribution is -2.28. The molecule has 0 radical (unpaired) electrons. The molecule has 0 aromatic heterocycles. The number of hydrogen-bond donors (Lipinski definition) is 0. The Morgan fingerprint density at radius 2 is 0.367 bits per heavy atom. The quantitative estimate of drug-likeness (QED) is 0.126. The van der Waals surface area contributed by atoms with Gasteiger partial charge in [0.1, 0.15) is 0 Å². The highest BCUT2D eigenvalue weighted by Crippen LogP contribution is 2.59. The summed E-state index contributed by atoms with van der Waals surface area (Å²) in [6.45, 7) is 0. The molecular formula is C90H58. The van der Waals surface area contributed by atoms with Gasteiger partial charge in [-0.3, -0.25) is 0 Å². The third-order valence-electron chi connectivity index (χ3n) is 20.0. The van der Waals surface area contributed by atoms with Crippen molar-refractivity contribution in [3.05, 3.63) is 396 Å². The predicted molar refractivity (Wildman–Crippen MR) is 378 cm³/mol. The maximum Gasteiger partial charge on any atom is 0.0713 e. The van der Waals surface area contributed by atoms with Crippen LogP contribution in [0.25, 0.3) is 121 Å². The van der Waals surface area contributed by atoms with E-state index in [9.17, 15) is 0 Å². The van der Waals surface area contributed by atoms with Gasteiger partial charge in [0, 0.05) is 0 Å². The SMILES string of the molecule is c1ccc(C2(c3ccccc3)c3ccccc3-c3ccc(-c4ccc(-c5c6ccccc6c(-c6c7ccccc7c(-c7ccc(-c8ccc9c(c8)C(c8ccccc8)(c8ccccc8)c8ccccc8-9)cc7)c7ccccc67)c6ccccc56)cc4)cc32)cc1. The van der Waals surface area contributed by atoms with Crippen molar-refractivity contribution < 1.29 is 0 Å². The Labute approximate surface area is 525 Å². The third-order valence-corrected chi connectivity index (χ3v) is 20.0. The van der Waals surface area contributed by atoms with E-state index in [-0.39, 0.29) is 0 Å². The topological polar surface area (TPSA) is 0 Å². The molecule has 0 spiro atoms. The molecule has 0 unspecified atom stereocenters. The fraction of sp³-hybridized carbons (Fsp3) is 0.0222. The van der Waals surface area contributed by atoms with Crippen molar-refractivity contribution in [1.82, 2.24) is 0 Å². The highest BCUT2D eigenvalue weighted by molar-refractivity contribution is 6.30. The van der Waals surface area contributed by atoms with Gasteiger partial charge in [0.2, 0.25) is 0 Å². The fourth-order valence-electron chi connectivity index (χ4n) is 16.3. The van der Waals surface area contributed by atoms with Crippen molar-refractivity contribution >= 4 is 43.1 Å². The van der Waals surface area contributed by atoms with E-state index < -0.39 is 10.8 Å². The standard InChI is InChI=1S/C90H58/c1-5-25-65(26-6-1)89(66-27-7-2-8-28-66)81-43-23-21-33-69(81)71-55-53-63(57-83(71)89)59-45-49-61(50-46-59)85-73-35-13-17-39-77(73)87(78-40-18-14-36-74(78)85)88-79-41-19-15-37-75(79)86(76-38-16-20-42-80(76)88)62-51-47-60(48-52-62)64-54-56-72-70-34-22-24-44-82(70)90(84(72)58-64,67-29-9-3-10-30-67)68-31-11-4-12-32-68/h1-58H. The van der Waals surface area contributed by atoms with E-state index in [2.05, 4.69) is 352 Å². The van der Waals surface area contributed by atoms with Crippen LogP contribution in [0.1, 0.15) is 44.5 Å². The summed E-state index contributed by atoms with van der Waals surface area (Å²) in [5, 5.41) is 9.88. The van der Waals surface area contributed by atoms with E-state index in [4.69, 9.17) is 0 Å². The first kappa shape index (κ1) is 51.8. The van der Waals surface area contributed by atoms with Gasteiger partial charge < -0.3 is 0 Å². The van der Waals surface area contributed by atoms with E-state index in [0.29, 0.717) is 0 Å². The first-order valence-electron chi connectivity index (χ1n) is 31.5. The van der Waals surface area contributed by atoms with Gasteiger partial charge in [-0.15, -0.1) is 0 Å². The Balaban J connectivity index is 0.755. The van der Waals surface area contributed by atoms with Gasteiger partial charge in [-0.1, -0.05) is 340 Å². The van der Waals surface area contributed by atoms with Crippen molar-refractivity contribution in [3.63, 3.8) is 0 Å². The molecule has 0 amide bonds. The van der Waals surface area contributed by atoms with E-state index in [0.717, 1.165) is 0 Å². The molecule has 0 saturated heterocycles. The summed E-state index contributed by atoms with van der Waals surface area (Å²) in [5.74, 6) is 0. The van der Waals surface area contributed by atoms with Gasteiger partial charge in [0.05, 0.1) is 10.8 Å². The lowest BCUT2D eigenvalue weighted by molar-refractivity contribution is 0.769. The van der Waals surface area contributed by atoms with Crippen molar-refractivity contribution in [2.45, 2.75) is 10.8 Å². The van der Waals surface area contributed by atoms with E-state index in [1.807, 2.05) is 0 Å². The minimum absolute atomic E-state index is 0.466. The van der Waals surface area contributed by atoms with Crippen LogP contribution < -0.4 is 0 Å². The molecule has 0 fully saturated rings. The Bertz CT molecular complexity index is 4950. The molecule has 0 atom stereocenters. The van der Waals surface area contributed by atoms with Gasteiger partial charge in [-0.05, 0) is 178 Å². The molecule has 0 N–H and O–H groups in total. The van der Waals surface area contributed by atoms with E-state index >= 15 is 0 Å². The normalized spacial score (nSPS) is 13.3. The maximum atomic E-state index is 2.47. The number of rotatable bonds is 9. The lowest BCUT2D eigenvalue weighted by Gasteiger charge is -2.34. The summed E-state index contributed by atoms with van der Waals surface area (Å²) >= 11 is 0. The molecular weight excluding hydrogens is 1080 g/mol. The van der Waals surface area contributed by atoms with Crippen LogP contribution in [0, 0.1) is 0 Å². The van der Waals surface area contributed by atoms with Crippen LogP contribution in [0.5, 0.6) is 0 Å². The Kier molecular flexibility index (Phi) is 11.8. The van der Waals surface area contributed by atoms with Crippen LogP contribution in [0.3, 0.4) is 0 Å². The van der Waals surface area contributed by atoms with Crippen LogP contribution in [0.4, 0.5) is 0 Å². The molecule has 0 heteroatoms. The summed E-state index contributed by atoms with van der Waals surface area (Å²) in [6.07, 6.45) is 0. The largest absolute Gasteiger partial charge is 0.0713 e. The molecule has 16 aromatic carbocycles. The summed E-state index contributed by atoms with van der Waals surface area (Å²) in [5.41, 5.74) is 26.8. The highest BCUT2D eigenvalue weighted by atomic mass is 14.5. The molecule has 418 valence electrons.